The molecule has 0 amide bonds. The number of benzene rings is 2. The Bertz CT molecular complexity index is 910. The van der Waals surface area contributed by atoms with Gasteiger partial charge < -0.3 is 10.5 Å². The second kappa shape index (κ2) is 5.93. The number of aromatic nitrogens is 1. The number of nitrogens with zero attached hydrogens (tertiary/aromatic N) is 2. The minimum Gasteiger partial charge on any atom is -0.384 e. The van der Waals surface area contributed by atoms with Crippen LogP contribution in [0.2, 0.25) is 0 Å². The van der Waals surface area contributed by atoms with E-state index in [0.29, 0.717) is 5.92 Å². The van der Waals surface area contributed by atoms with Crippen molar-refractivity contribution in [3.63, 3.8) is 0 Å². The van der Waals surface area contributed by atoms with E-state index in [9.17, 15) is 5.21 Å². The van der Waals surface area contributed by atoms with Gasteiger partial charge in [-0.15, -0.1) is 0 Å². The summed E-state index contributed by atoms with van der Waals surface area (Å²) in [5, 5.41) is 18.1. The third-order valence-electron chi connectivity index (χ3n) is 5.98. The van der Waals surface area contributed by atoms with Crippen LogP contribution < -0.4 is 5.32 Å². The molecule has 0 spiro atoms. The normalized spacial score (nSPS) is 22.1. The van der Waals surface area contributed by atoms with Crippen molar-refractivity contribution in [3.8, 4) is 0 Å². The van der Waals surface area contributed by atoms with E-state index in [1.54, 1.807) is 0 Å². The van der Waals surface area contributed by atoms with E-state index in [1.807, 2.05) is 12.1 Å². The largest absolute Gasteiger partial charge is 0.384 e. The molecule has 1 fully saturated rings. The number of hydrogen-bond acceptors (Lipinski definition) is 4. The zero-order valence-corrected chi connectivity index (χ0v) is 16.0. The zero-order valence-electron chi connectivity index (χ0n) is 16.0. The molecular weight excluding hydrogens is 322 g/mol. The summed E-state index contributed by atoms with van der Waals surface area (Å²) in [5.41, 5.74) is 2.66. The maximum atomic E-state index is 10.6. The summed E-state index contributed by atoms with van der Waals surface area (Å²) in [4.78, 5) is 4.79. The average molecular weight is 349 g/mol. The monoisotopic (exact) mass is 349 g/mol. The fourth-order valence-electron chi connectivity index (χ4n) is 4.47. The molecular formula is C22H27N3O. The summed E-state index contributed by atoms with van der Waals surface area (Å²) in [6.45, 7) is 9.26. The first-order valence-electron chi connectivity index (χ1n) is 9.31. The Morgan fingerprint density at radius 1 is 1.00 bits per heavy atom. The van der Waals surface area contributed by atoms with Crippen molar-refractivity contribution >= 4 is 27.5 Å². The Balaban J connectivity index is 1.73. The van der Waals surface area contributed by atoms with Crippen LogP contribution in [0.5, 0.6) is 0 Å². The molecule has 2 heterocycles. The van der Waals surface area contributed by atoms with Crippen LogP contribution in [0.25, 0.3) is 21.8 Å². The molecule has 0 saturated carbocycles. The number of rotatable bonds is 3. The summed E-state index contributed by atoms with van der Waals surface area (Å²) >= 11 is 0. The number of fused-ring (bicyclic) bond motifs is 2. The third-order valence-corrected chi connectivity index (χ3v) is 5.98. The van der Waals surface area contributed by atoms with Gasteiger partial charge in [-0.05, 0) is 52.2 Å². The van der Waals surface area contributed by atoms with E-state index >= 15 is 0 Å². The molecule has 3 aromatic rings. The summed E-state index contributed by atoms with van der Waals surface area (Å²) in [6, 6.07) is 16.5. The average Bonchev–Trinajstić information content (AvgIpc) is 2.78. The molecule has 1 unspecified atom stereocenters. The number of nitrogens with one attached hydrogen (secondary N) is 1. The molecule has 0 bridgehead atoms. The van der Waals surface area contributed by atoms with Gasteiger partial charge in [0.1, 0.15) is 0 Å². The minimum absolute atomic E-state index is 0.210. The summed E-state index contributed by atoms with van der Waals surface area (Å²) in [6.07, 6.45) is 0.949. The number of hydroxylamine groups is 2. The number of para-hydroxylation sites is 2. The second-order valence-corrected chi connectivity index (χ2v) is 8.58. The molecule has 2 N–H and O–H groups in total. The molecule has 4 rings (SSSR count). The Morgan fingerprint density at radius 2 is 1.54 bits per heavy atom. The van der Waals surface area contributed by atoms with Crippen molar-refractivity contribution in [2.75, 3.05) is 11.9 Å². The van der Waals surface area contributed by atoms with Crippen LogP contribution in [0, 0.1) is 5.92 Å². The molecule has 136 valence electrons. The lowest BCUT2D eigenvalue weighted by molar-refractivity contribution is -0.196. The number of anilines is 1. The van der Waals surface area contributed by atoms with Crippen LogP contribution in [0.3, 0.4) is 0 Å². The number of hydrogen-bond donors (Lipinski definition) is 2. The molecule has 0 radical (unpaired) electrons. The smallest absolute Gasteiger partial charge is 0.0730 e. The topological polar surface area (TPSA) is 48.4 Å². The van der Waals surface area contributed by atoms with Crippen molar-refractivity contribution < 1.29 is 5.21 Å². The van der Waals surface area contributed by atoms with E-state index in [0.717, 1.165) is 40.5 Å². The summed E-state index contributed by atoms with van der Waals surface area (Å²) < 4.78 is 0. The SMILES string of the molecule is CC1(C)CC(CNc2c3ccccc3nc3ccccc23)C(C)(C)N1O. The zero-order chi connectivity index (χ0) is 18.5. The first-order chi connectivity index (χ1) is 12.3. The lowest BCUT2D eigenvalue weighted by atomic mass is 9.87. The maximum absolute atomic E-state index is 10.6. The first-order valence-corrected chi connectivity index (χ1v) is 9.31. The lowest BCUT2D eigenvalue weighted by Crippen LogP contribution is -2.48. The van der Waals surface area contributed by atoms with E-state index in [2.05, 4.69) is 69.4 Å². The predicted octanol–water partition coefficient (Wildman–Crippen LogP) is 5.07. The standard InChI is InChI=1S/C22H27N3O/c1-21(2)13-15(22(3,4)25(21)26)14-23-20-16-9-5-7-11-18(16)24-19-12-8-6-10-17(19)20/h5-12,15,26H,13-14H2,1-4H3,(H,23,24). The molecule has 2 aromatic carbocycles. The molecule has 4 heteroatoms. The third kappa shape index (κ3) is 2.65. The van der Waals surface area contributed by atoms with Crippen molar-refractivity contribution in [1.29, 1.82) is 0 Å². The fraction of sp³-hybridized carbons (Fsp3) is 0.409. The fourth-order valence-corrected chi connectivity index (χ4v) is 4.47. The van der Waals surface area contributed by atoms with Crippen molar-refractivity contribution in [2.45, 2.75) is 45.2 Å². The minimum atomic E-state index is -0.269. The van der Waals surface area contributed by atoms with Gasteiger partial charge in [-0.3, -0.25) is 0 Å². The highest BCUT2D eigenvalue weighted by Crippen LogP contribution is 2.43. The van der Waals surface area contributed by atoms with Crippen molar-refractivity contribution in [2.24, 2.45) is 5.92 Å². The molecule has 1 aromatic heterocycles. The quantitative estimate of drug-likeness (QED) is 0.648. The van der Waals surface area contributed by atoms with Gasteiger partial charge in [-0.1, -0.05) is 36.4 Å². The highest BCUT2D eigenvalue weighted by molar-refractivity contribution is 6.07. The van der Waals surface area contributed by atoms with Crippen LogP contribution in [0.4, 0.5) is 5.69 Å². The Kier molecular flexibility index (Phi) is 3.94. The molecule has 4 nitrogen and oxygen atoms in total. The van der Waals surface area contributed by atoms with E-state index in [4.69, 9.17) is 4.98 Å². The van der Waals surface area contributed by atoms with E-state index < -0.39 is 0 Å². The van der Waals surface area contributed by atoms with Gasteiger partial charge in [0.2, 0.25) is 0 Å². The molecule has 26 heavy (non-hydrogen) atoms. The van der Waals surface area contributed by atoms with Gasteiger partial charge in [-0.2, -0.15) is 5.06 Å². The molecule has 1 aliphatic heterocycles. The number of pyridine rings is 1. The van der Waals surface area contributed by atoms with Crippen molar-refractivity contribution in [3.05, 3.63) is 48.5 Å². The van der Waals surface area contributed by atoms with Crippen molar-refractivity contribution in [1.82, 2.24) is 10.0 Å². The maximum Gasteiger partial charge on any atom is 0.0730 e. The van der Waals surface area contributed by atoms with Gasteiger partial charge in [0, 0.05) is 28.4 Å². The van der Waals surface area contributed by atoms with Gasteiger partial charge in [-0.25, -0.2) is 4.98 Å². The molecule has 1 atom stereocenters. The molecule has 1 aliphatic rings. The van der Waals surface area contributed by atoms with Crippen LogP contribution in [-0.2, 0) is 0 Å². The second-order valence-electron chi connectivity index (χ2n) is 8.58. The van der Waals surface area contributed by atoms with Crippen LogP contribution in [-0.4, -0.2) is 32.9 Å². The van der Waals surface area contributed by atoms with E-state index in [-0.39, 0.29) is 11.1 Å². The first kappa shape index (κ1) is 17.3. The van der Waals surface area contributed by atoms with Gasteiger partial charge in [0.15, 0.2) is 0 Å². The molecule has 1 saturated heterocycles. The van der Waals surface area contributed by atoms with Crippen LogP contribution >= 0.6 is 0 Å². The Hall–Kier alpha value is -2.17. The Morgan fingerprint density at radius 3 is 2.04 bits per heavy atom. The van der Waals surface area contributed by atoms with Gasteiger partial charge in [0.25, 0.3) is 0 Å². The summed E-state index contributed by atoms with van der Waals surface area (Å²) in [7, 11) is 0. The summed E-state index contributed by atoms with van der Waals surface area (Å²) in [5.74, 6) is 0.341. The Labute approximate surface area is 154 Å². The van der Waals surface area contributed by atoms with Crippen LogP contribution in [0.15, 0.2) is 48.5 Å². The van der Waals surface area contributed by atoms with Gasteiger partial charge >= 0.3 is 0 Å². The lowest BCUT2D eigenvalue weighted by Gasteiger charge is -2.36. The van der Waals surface area contributed by atoms with E-state index in [1.165, 1.54) is 5.06 Å². The van der Waals surface area contributed by atoms with Crippen LogP contribution in [0.1, 0.15) is 34.1 Å². The highest BCUT2D eigenvalue weighted by Gasteiger charge is 2.50. The van der Waals surface area contributed by atoms with Gasteiger partial charge in [0.05, 0.1) is 16.7 Å². The predicted molar refractivity (Wildman–Crippen MR) is 108 cm³/mol. The molecule has 0 aliphatic carbocycles. The highest BCUT2D eigenvalue weighted by atomic mass is 16.5.